The van der Waals surface area contributed by atoms with Gasteiger partial charge in [-0.3, -0.25) is 0 Å². The molecule has 4 nitrogen and oxygen atoms in total. The average Bonchev–Trinajstić information content (AvgIpc) is 2.55. The summed E-state index contributed by atoms with van der Waals surface area (Å²) in [4.78, 5) is 0. The first kappa shape index (κ1) is 18.2. The highest BCUT2D eigenvalue weighted by Gasteiger charge is 2.12. The summed E-state index contributed by atoms with van der Waals surface area (Å²) in [5.41, 5.74) is 2.63. The Bertz CT molecular complexity index is 664. The van der Waals surface area contributed by atoms with Crippen LogP contribution in [0.25, 0.3) is 0 Å². The zero-order valence-electron chi connectivity index (χ0n) is 13.6. The van der Waals surface area contributed by atoms with Crippen LogP contribution < -0.4 is 14.8 Å². The standard InChI is InChI=1S/C18H21F2NO3/c1-12-5-3-4-6-14(12)15(22)11-21-10-13-7-8-16(23-2)17(9-13)24-18(19)20/h3-9,15,18,21-22H,10-11H2,1-2H3. The Morgan fingerprint density at radius 2 is 1.88 bits per heavy atom. The van der Waals surface area contributed by atoms with Gasteiger partial charge in [0.05, 0.1) is 13.2 Å². The maximum atomic E-state index is 12.4. The minimum absolute atomic E-state index is 0.00810. The van der Waals surface area contributed by atoms with Crippen molar-refractivity contribution in [1.29, 1.82) is 0 Å². The second-order valence-electron chi connectivity index (χ2n) is 5.37. The molecule has 0 aromatic heterocycles. The molecule has 0 heterocycles. The molecular weight excluding hydrogens is 316 g/mol. The van der Waals surface area contributed by atoms with Crippen molar-refractivity contribution in [3.63, 3.8) is 0 Å². The molecule has 0 aliphatic carbocycles. The highest BCUT2D eigenvalue weighted by molar-refractivity contribution is 5.43. The summed E-state index contributed by atoms with van der Waals surface area (Å²) in [5, 5.41) is 13.3. The highest BCUT2D eigenvalue weighted by atomic mass is 19.3. The maximum Gasteiger partial charge on any atom is 0.387 e. The smallest absolute Gasteiger partial charge is 0.387 e. The van der Waals surface area contributed by atoms with Crippen molar-refractivity contribution in [2.75, 3.05) is 13.7 Å². The summed E-state index contributed by atoms with van der Waals surface area (Å²) >= 11 is 0. The van der Waals surface area contributed by atoms with Gasteiger partial charge in [0.25, 0.3) is 0 Å². The number of ether oxygens (including phenoxy) is 2. The van der Waals surface area contributed by atoms with Crippen LogP contribution in [0.2, 0.25) is 0 Å². The van der Waals surface area contributed by atoms with Crippen molar-refractivity contribution in [3.8, 4) is 11.5 Å². The molecule has 24 heavy (non-hydrogen) atoms. The van der Waals surface area contributed by atoms with Crippen molar-refractivity contribution in [3.05, 3.63) is 59.2 Å². The van der Waals surface area contributed by atoms with Gasteiger partial charge < -0.3 is 19.9 Å². The molecule has 0 saturated heterocycles. The van der Waals surface area contributed by atoms with E-state index < -0.39 is 12.7 Å². The third-order valence-electron chi connectivity index (χ3n) is 3.66. The van der Waals surface area contributed by atoms with Crippen LogP contribution in [0.5, 0.6) is 11.5 Å². The largest absolute Gasteiger partial charge is 0.493 e. The van der Waals surface area contributed by atoms with E-state index in [4.69, 9.17) is 4.74 Å². The Morgan fingerprint density at radius 3 is 2.54 bits per heavy atom. The van der Waals surface area contributed by atoms with E-state index in [1.165, 1.54) is 13.2 Å². The van der Waals surface area contributed by atoms with Gasteiger partial charge in [0, 0.05) is 13.1 Å². The topological polar surface area (TPSA) is 50.7 Å². The van der Waals surface area contributed by atoms with Crippen LogP contribution in [0.4, 0.5) is 8.78 Å². The molecule has 0 aliphatic rings. The molecule has 6 heteroatoms. The first-order chi connectivity index (χ1) is 11.5. The lowest BCUT2D eigenvalue weighted by Crippen LogP contribution is -2.21. The lowest BCUT2D eigenvalue weighted by molar-refractivity contribution is -0.0512. The number of aliphatic hydroxyl groups excluding tert-OH is 1. The molecule has 0 amide bonds. The fraction of sp³-hybridized carbons (Fsp3) is 0.333. The molecule has 130 valence electrons. The van der Waals surface area contributed by atoms with Gasteiger partial charge in [0.2, 0.25) is 0 Å². The molecule has 2 rings (SSSR count). The molecule has 0 saturated carbocycles. The Labute approximate surface area is 140 Å². The lowest BCUT2D eigenvalue weighted by Gasteiger charge is -2.15. The Kier molecular flexibility index (Phi) is 6.52. The molecule has 0 spiro atoms. The van der Waals surface area contributed by atoms with E-state index in [0.717, 1.165) is 16.7 Å². The zero-order chi connectivity index (χ0) is 17.5. The number of methoxy groups -OCH3 is 1. The summed E-state index contributed by atoms with van der Waals surface area (Å²) in [5.74, 6) is 0.241. The van der Waals surface area contributed by atoms with E-state index in [-0.39, 0.29) is 11.5 Å². The molecule has 0 bridgehead atoms. The van der Waals surface area contributed by atoms with Crippen LogP contribution in [0.1, 0.15) is 22.8 Å². The van der Waals surface area contributed by atoms with Gasteiger partial charge in [0.1, 0.15) is 0 Å². The third kappa shape index (κ3) is 4.91. The van der Waals surface area contributed by atoms with Gasteiger partial charge in [-0.2, -0.15) is 8.78 Å². The molecule has 0 fully saturated rings. The fourth-order valence-electron chi connectivity index (χ4n) is 2.44. The van der Waals surface area contributed by atoms with Crippen molar-refractivity contribution < 1.29 is 23.4 Å². The molecule has 1 atom stereocenters. The van der Waals surface area contributed by atoms with Gasteiger partial charge in [-0.1, -0.05) is 30.3 Å². The maximum absolute atomic E-state index is 12.4. The van der Waals surface area contributed by atoms with Crippen LogP contribution in [0.15, 0.2) is 42.5 Å². The predicted octanol–water partition coefficient (Wildman–Crippen LogP) is 3.43. The number of nitrogens with one attached hydrogen (secondary N) is 1. The minimum atomic E-state index is -2.91. The summed E-state index contributed by atoms with van der Waals surface area (Å²) in [6, 6.07) is 12.4. The monoisotopic (exact) mass is 337 g/mol. The van der Waals surface area contributed by atoms with Gasteiger partial charge in [0.15, 0.2) is 11.5 Å². The predicted molar refractivity (Wildman–Crippen MR) is 87.5 cm³/mol. The Morgan fingerprint density at radius 1 is 1.12 bits per heavy atom. The summed E-state index contributed by atoms with van der Waals surface area (Å²) in [6.45, 7) is -0.213. The van der Waals surface area contributed by atoms with E-state index in [1.54, 1.807) is 12.1 Å². The van der Waals surface area contributed by atoms with E-state index in [9.17, 15) is 13.9 Å². The summed E-state index contributed by atoms with van der Waals surface area (Å²) < 4.78 is 34.3. The number of halogens is 2. The van der Waals surface area contributed by atoms with Crippen LogP contribution in [-0.2, 0) is 6.54 Å². The number of hydrogen-bond acceptors (Lipinski definition) is 4. The SMILES string of the molecule is COc1ccc(CNCC(O)c2ccccc2C)cc1OC(F)F. The van der Waals surface area contributed by atoms with Crippen LogP contribution in [0, 0.1) is 6.92 Å². The van der Waals surface area contributed by atoms with Crippen LogP contribution in [-0.4, -0.2) is 25.4 Å². The van der Waals surface area contributed by atoms with Crippen molar-refractivity contribution in [2.45, 2.75) is 26.2 Å². The van der Waals surface area contributed by atoms with E-state index in [0.29, 0.717) is 13.1 Å². The minimum Gasteiger partial charge on any atom is -0.493 e. The molecule has 2 aromatic rings. The molecule has 2 aromatic carbocycles. The normalized spacial score (nSPS) is 12.2. The molecule has 1 unspecified atom stereocenters. The fourth-order valence-corrected chi connectivity index (χ4v) is 2.44. The van der Waals surface area contributed by atoms with Gasteiger partial charge in [-0.05, 0) is 35.7 Å². The van der Waals surface area contributed by atoms with Gasteiger partial charge >= 0.3 is 6.61 Å². The molecule has 0 radical (unpaired) electrons. The first-order valence-electron chi connectivity index (χ1n) is 7.57. The second kappa shape index (κ2) is 8.61. The number of alkyl halides is 2. The number of aryl methyl sites for hydroxylation is 1. The molecular formula is C18H21F2NO3. The average molecular weight is 337 g/mol. The second-order valence-corrected chi connectivity index (χ2v) is 5.37. The number of hydrogen-bond donors (Lipinski definition) is 2. The van der Waals surface area contributed by atoms with Crippen molar-refractivity contribution in [2.24, 2.45) is 0 Å². The summed E-state index contributed by atoms with van der Waals surface area (Å²) in [6.07, 6.45) is -0.638. The Hall–Kier alpha value is -2.18. The quantitative estimate of drug-likeness (QED) is 0.775. The van der Waals surface area contributed by atoms with Gasteiger partial charge in [-0.25, -0.2) is 0 Å². The van der Waals surface area contributed by atoms with Crippen LogP contribution >= 0.6 is 0 Å². The van der Waals surface area contributed by atoms with E-state index >= 15 is 0 Å². The van der Waals surface area contributed by atoms with Crippen molar-refractivity contribution >= 4 is 0 Å². The number of benzene rings is 2. The van der Waals surface area contributed by atoms with E-state index in [2.05, 4.69) is 10.1 Å². The lowest BCUT2D eigenvalue weighted by atomic mass is 10.0. The zero-order valence-corrected chi connectivity index (χ0v) is 13.6. The molecule has 0 aliphatic heterocycles. The first-order valence-corrected chi connectivity index (χ1v) is 7.57. The third-order valence-corrected chi connectivity index (χ3v) is 3.66. The summed E-state index contributed by atoms with van der Waals surface area (Å²) in [7, 11) is 1.39. The number of rotatable bonds is 8. The highest BCUT2D eigenvalue weighted by Crippen LogP contribution is 2.29. The van der Waals surface area contributed by atoms with Crippen LogP contribution in [0.3, 0.4) is 0 Å². The van der Waals surface area contributed by atoms with Gasteiger partial charge in [-0.15, -0.1) is 0 Å². The molecule has 2 N–H and O–H groups in total. The Balaban J connectivity index is 1.95. The van der Waals surface area contributed by atoms with Crippen molar-refractivity contribution in [1.82, 2.24) is 5.32 Å². The number of aliphatic hydroxyl groups is 1. The van der Waals surface area contributed by atoms with E-state index in [1.807, 2.05) is 31.2 Å².